The maximum absolute atomic E-state index is 13.6. The van der Waals surface area contributed by atoms with E-state index in [1.807, 2.05) is 0 Å². The molecule has 0 amide bonds. The van der Waals surface area contributed by atoms with Gasteiger partial charge in [-0.3, -0.25) is 22.9 Å². The lowest BCUT2D eigenvalue weighted by molar-refractivity contribution is -0.179. The van der Waals surface area contributed by atoms with Gasteiger partial charge in [-0.15, -0.1) is 0 Å². The molecule has 5 rings (SSSR count). The highest BCUT2D eigenvalue weighted by Gasteiger charge is 2.96. The molecule has 6 atom stereocenters. The summed E-state index contributed by atoms with van der Waals surface area (Å²) in [6.45, 7) is 0. The molecule has 0 bridgehead atoms. The van der Waals surface area contributed by atoms with Gasteiger partial charge in [-0.1, -0.05) is 0 Å². The molecule has 24 heteroatoms. The third-order valence-corrected chi connectivity index (χ3v) is 10.9. The standard InChI is InChI=1S/C20H46N18O6/c21-9(11(23,24)15(31,32)19(37)17(35,43-19)13(9,27)28)7(39)41-5-1-2-6(4-3-5)42-8(40)10(22)12(25,26)16(33,34)20(38)18(36,44-20)14(10,29)30/h5-6H,1-4,21-38H2. The molecule has 44 heavy (non-hydrogen) atoms. The van der Waals surface area contributed by atoms with Gasteiger partial charge in [-0.25, -0.2) is 9.59 Å². The smallest absolute Gasteiger partial charge is 0.333 e. The van der Waals surface area contributed by atoms with Crippen LogP contribution in [0.2, 0.25) is 0 Å². The third kappa shape index (κ3) is 2.96. The Morgan fingerprint density at radius 2 is 0.636 bits per heavy atom. The fourth-order valence-electron chi connectivity index (χ4n) is 6.99. The molecule has 0 spiro atoms. The number of epoxide rings is 2. The number of ether oxygens (including phenoxy) is 4. The Morgan fingerprint density at radius 3 is 0.886 bits per heavy atom. The van der Waals surface area contributed by atoms with Crippen LogP contribution < -0.4 is 103 Å². The number of nitrogens with two attached hydrogens (primary N) is 18. The summed E-state index contributed by atoms with van der Waals surface area (Å²) in [5.74, 6) is -2.59. The molecule has 5 aliphatic rings. The molecular weight excluding hydrogens is 588 g/mol. The Labute approximate surface area is 250 Å². The molecule has 36 N–H and O–H groups in total. The molecule has 252 valence electrons. The van der Waals surface area contributed by atoms with Crippen LogP contribution in [0.25, 0.3) is 0 Å². The molecule has 0 aromatic heterocycles. The number of hydrogen-bond donors (Lipinski definition) is 18. The highest BCUT2D eigenvalue weighted by molar-refractivity contribution is 5.88. The van der Waals surface area contributed by atoms with Crippen molar-refractivity contribution in [3.8, 4) is 0 Å². The Morgan fingerprint density at radius 1 is 0.409 bits per heavy atom. The van der Waals surface area contributed by atoms with Crippen molar-refractivity contribution < 1.29 is 28.5 Å². The zero-order chi connectivity index (χ0) is 34.0. The van der Waals surface area contributed by atoms with E-state index in [0.29, 0.717) is 0 Å². The van der Waals surface area contributed by atoms with Gasteiger partial charge in [-0.05, 0) is 25.7 Å². The molecule has 0 aromatic rings. The minimum absolute atomic E-state index is 0.0868. The topological polar surface area (TPSA) is 546 Å². The van der Waals surface area contributed by atoms with Gasteiger partial charge in [-0.2, -0.15) is 0 Å². The predicted octanol–water partition coefficient (Wildman–Crippen LogP) is -12.8. The maximum Gasteiger partial charge on any atom is 0.333 e. The largest absolute Gasteiger partial charge is 0.461 e. The highest BCUT2D eigenvalue weighted by atomic mass is 16.7. The second-order valence-corrected chi connectivity index (χ2v) is 13.2. The Bertz CT molecular complexity index is 1220. The van der Waals surface area contributed by atoms with E-state index in [4.69, 9.17) is 122 Å². The van der Waals surface area contributed by atoms with E-state index < -0.39 is 92.1 Å². The molecule has 2 aliphatic heterocycles. The molecular formula is C20H46N18O6. The second-order valence-electron chi connectivity index (χ2n) is 13.2. The minimum Gasteiger partial charge on any atom is -0.461 e. The Kier molecular flexibility index (Phi) is 6.21. The quantitative estimate of drug-likeness (QED) is 0.0774. The van der Waals surface area contributed by atoms with Crippen LogP contribution in [0.1, 0.15) is 25.7 Å². The van der Waals surface area contributed by atoms with Gasteiger partial charge in [0.1, 0.15) is 46.2 Å². The second kappa shape index (κ2) is 8.16. The zero-order valence-electron chi connectivity index (χ0n) is 23.8. The monoisotopic (exact) mass is 634 g/mol. The molecule has 2 heterocycles. The average molecular weight is 635 g/mol. The lowest BCUT2D eigenvalue weighted by atomic mass is 9.58. The molecule has 24 nitrogen and oxygen atoms in total. The van der Waals surface area contributed by atoms with E-state index in [2.05, 4.69) is 0 Å². The van der Waals surface area contributed by atoms with E-state index in [-0.39, 0.29) is 25.7 Å². The van der Waals surface area contributed by atoms with E-state index in [0.717, 1.165) is 0 Å². The van der Waals surface area contributed by atoms with Crippen LogP contribution in [0.5, 0.6) is 0 Å². The van der Waals surface area contributed by atoms with Crippen LogP contribution in [0.3, 0.4) is 0 Å². The van der Waals surface area contributed by atoms with Crippen molar-refractivity contribution in [2.75, 3.05) is 0 Å². The van der Waals surface area contributed by atoms with Crippen LogP contribution in [0, 0.1) is 0 Å². The molecule has 2 saturated heterocycles. The lowest BCUT2D eigenvalue weighted by Gasteiger charge is -2.60. The van der Waals surface area contributed by atoms with Gasteiger partial charge in [0.05, 0.1) is 0 Å². The van der Waals surface area contributed by atoms with Crippen molar-refractivity contribution in [1.29, 1.82) is 0 Å². The summed E-state index contributed by atoms with van der Waals surface area (Å²) < 4.78 is 21.8. The van der Waals surface area contributed by atoms with Gasteiger partial charge >= 0.3 is 11.9 Å². The van der Waals surface area contributed by atoms with E-state index in [9.17, 15) is 9.59 Å². The SMILES string of the molecule is NC1(N)C(N)(N)C(N)(C(=O)OC2CCC(OC(=O)C3(N)C(N)(N)C(N)(N)C4(N)OC4(N)C3(N)N)CC2)C(N)(N)C2(N)OC12N. The van der Waals surface area contributed by atoms with Crippen molar-refractivity contribution in [2.45, 2.75) is 106 Å². The van der Waals surface area contributed by atoms with Gasteiger partial charge < -0.3 is 99.2 Å². The summed E-state index contributed by atoms with van der Waals surface area (Å²) in [6.07, 6.45) is -1.36. The first-order chi connectivity index (χ1) is 19.4. The van der Waals surface area contributed by atoms with E-state index in [1.165, 1.54) is 0 Å². The summed E-state index contributed by atoms with van der Waals surface area (Å²) in [4.78, 5) is 27.2. The number of hydrogen-bond acceptors (Lipinski definition) is 24. The molecule has 5 fully saturated rings. The first kappa shape index (κ1) is 33.5. The van der Waals surface area contributed by atoms with Crippen LogP contribution in [0.15, 0.2) is 0 Å². The van der Waals surface area contributed by atoms with Crippen molar-refractivity contribution >= 4 is 11.9 Å². The van der Waals surface area contributed by atoms with Crippen LogP contribution >= 0.6 is 0 Å². The summed E-state index contributed by atoms with van der Waals surface area (Å²) in [7, 11) is 0. The highest BCUT2D eigenvalue weighted by Crippen LogP contribution is 2.60. The number of carbonyl (C=O) groups excluding carboxylic acids is 2. The van der Waals surface area contributed by atoms with Crippen molar-refractivity contribution in [1.82, 2.24) is 0 Å². The van der Waals surface area contributed by atoms with Crippen molar-refractivity contribution in [2.24, 2.45) is 103 Å². The third-order valence-electron chi connectivity index (χ3n) is 10.9. The van der Waals surface area contributed by atoms with Crippen molar-refractivity contribution in [3.05, 3.63) is 0 Å². The normalized spacial score (nSPS) is 50.0. The number of esters is 2. The minimum atomic E-state index is -2.73. The summed E-state index contributed by atoms with van der Waals surface area (Å²) >= 11 is 0. The molecule has 0 radical (unpaired) electrons. The summed E-state index contributed by atoms with van der Waals surface area (Å²) in [6, 6.07) is 0. The predicted molar refractivity (Wildman–Crippen MR) is 149 cm³/mol. The summed E-state index contributed by atoms with van der Waals surface area (Å²) in [5.41, 5.74) is 82.0. The lowest BCUT2D eigenvalue weighted by Crippen LogP contribution is -3.05. The fourth-order valence-corrected chi connectivity index (χ4v) is 6.99. The maximum atomic E-state index is 13.6. The van der Waals surface area contributed by atoms with Crippen LogP contribution in [0.4, 0.5) is 0 Å². The van der Waals surface area contributed by atoms with Crippen LogP contribution in [-0.2, 0) is 28.5 Å². The van der Waals surface area contributed by atoms with E-state index >= 15 is 0 Å². The van der Waals surface area contributed by atoms with Gasteiger partial charge in [0, 0.05) is 0 Å². The van der Waals surface area contributed by atoms with Crippen molar-refractivity contribution in [3.63, 3.8) is 0 Å². The first-order valence-corrected chi connectivity index (χ1v) is 13.4. The zero-order valence-corrected chi connectivity index (χ0v) is 23.8. The van der Waals surface area contributed by atoms with Gasteiger partial charge in [0.2, 0.25) is 0 Å². The van der Waals surface area contributed by atoms with Crippen LogP contribution in [-0.4, -0.2) is 92.1 Å². The molecule has 3 saturated carbocycles. The summed E-state index contributed by atoms with van der Waals surface area (Å²) in [5, 5.41) is 0. The van der Waals surface area contributed by atoms with Gasteiger partial charge in [0.25, 0.3) is 0 Å². The first-order valence-electron chi connectivity index (χ1n) is 13.4. The fraction of sp³-hybridized carbons (Fsp3) is 0.900. The van der Waals surface area contributed by atoms with E-state index in [1.54, 1.807) is 0 Å². The molecule has 3 aliphatic carbocycles. The van der Waals surface area contributed by atoms with Gasteiger partial charge in [0.15, 0.2) is 34.0 Å². The Hall–Kier alpha value is -1.86. The molecule has 0 aromatic carbocycles. The number of rotatable bonds is 4. The molecule has 6 unspecified atom stereocenters. The average Bonchev–Trinajstić information content (AvgIpc) is 3.72. The number of carbonyl (C=O) groups is 2. The number of fused-ring (bicyclic) bond motifs is 2. The Balaban J connectivity index is 1.30.